The summed E-state index contributed by atoms with van der Waals surface area (Å²) in [6, 6.07) is 0. The first kappa shape index (κ1) is 15.9. The summed E-state index contributed by atoms with van der Waals surface area (Å²) in [6.07, 6.45) is 5.51. The van der Waals surface area contributed by atoms with E-state index in [0.29, 0.717) is 5.92 Å². The average molecular weight is 295 g/mol. The van der Waals surface area contributed by atoms with Crippen molar-refractivity contribution in [2.75, 3.05) is 19.6 Å². The fourth-order valence-corrected chi connectivity index (χ4v) is 3.76. The number of nitrogens with zero attached hydrogens (tertiary/aromatic N) is 2. The first-order chi connectivity index (χ1) is 9.65. The molecule has 2 rings (SSSR count). The minimum Gasteiger partial charge on any atom is -0.312 e. The molecule has 0 amide bonds. The van der Waals surface area contributed by atoms with E-state index in [1.807, 2.05) is 11.3 Å². The molecule has 1 N–H and O–H groups in total. The first-order valence-electron chi connectivity index (χ1n) is 8.03. The van der Waals surface area contributed by atoms with Crippen molar-refractivity contribution in [2.24, 2.45) is 5.92 Å². The molecule has 1 aromatic rings. The van der Waals surface area contributed by atoms with Gasteiger partial charge in [-0.3, -0.25) is 4.90 Å². The summed E-state index contributed by atoms with van der Waals surface area (Å²) in [6.45, 7) is 12.2. The van der Waals surface area contributed by atoms with Crippen LogP contribution in [0.25, 0.3) is 0 Å². The number of hydrogen-bond donors (Lipinski definition) is 1. The summed E-state index contributed by atoms with van der Waals surface area (Å²) < 4.78 is 0. The number of rotatable bonds is 6. The van der Waals surface area contributed by atoms with Gasteiger partial charge in [-0.05, 0) is 45.3 Å². The molecular weight excluding hydrogens is 266 g/mol. The summed E-state index contributed by atoms with van der Waals surface area (Å²) in [5.41, 5.74) is 1.22. The van der Waals surface area contributed by atoms with Gasteiger partial charge in [0.1, 0.15) is 5.01 Å². The van der Waals surface area contributed by atoms with Crippen molar-refractivity contribution in [1.82, 2.24) is 15.2 Å². The predicted molar refractivity (Wildman–Crippen MR) is 87.1 cm³/mol. The van der Waals surface area contributed by atoms with Gasteiger partial charge in [0, 0.05) is 11.4 Å². The minimum atomic E-state index is 0.708. The van der Waals surface area contributed by atoms with Gasteiger partial charge in [0.15, 0.2) is 0 Å². The fourth-order valence-electron chi connectivity index (χ4n) is 2.68. The molecule has 20 heavy (non-hydrogen) atoms. The van der Waals surface area contributed by atoms with Gasteiger partial charge in [0.2, 0.25) is 0 Å². The summed E-state index contributed by atoms with van der Waals surface area (Å²) in [5.74, 6) is 0.708. The van der Waals surface area contributed by atoms with Crippen molar-refractivity contribution in [3.63, 3.8) is 0 Å². The molecule has 0 spiro atoms. The number of aromatic nitrogens is 1. The van der Waals surface area contributed by atoms with Crippen molar-refractivity contribution in [1.29, 1.82) is 0 Å². The quantitative estimate of drug-likeness (QED) is 0.869. The monoisotopic (exact) mass is 295 g/mol. The molecule has 0 saturated carbocycles. The zero-order valence-corrected chi connectivity index (χ0v) is 14.1. The van der Waals surface area contributed by atoms with Crippen molar-refractivity contribution in [2.45, 2.75) is 59.5 Å². The molecule has 1 fully saturated rings. The number of aryl methyl sites for hydroxylation is 1. The molecule has 0 unspecified atom stereocenters. The highest BCUT2D eigenvalue weighted by atomic mass is 32.1. The highest BCUT2D eigenvalue weighted by Crippen LogP contribution is 2.21. The molecule has 3 nitrogen and oxygen atoms in total. The largest absolute Gasteiger partial charge is 0.312 e. The summed E-state index contributed by atoms with van der Waals surface area (Å²) in [5, 5.41) is 4.82. The second-order valence-corrected chi connectivity index (χ2v) is 7.50. The number of nitrogens with one attached hydrogen (secondary N) is 1. The van der Waals surface area contributed by atoms with Crippen molar-refractivity contribution < 1.29 is 0 Å². The van der Waals surface area contributed by atoms with Gasteiger partial charge >= 0.3 is 0 Å². The maximum absolute atomic E-state index is 4.77. The first-order valence-corrected chi connectivity index (χ1v) is 8.85. The topological polar surface area (TPSA) is 28.2 Å². The Labute approximate surface area is 127 Å². The van der Waals surface area contributed by atoms with Crippen LogP contribution in [0.4, 0.5) is 0 Å². The Morgan fingerprint density at radius 1 is 1.20 bits per heavy atom. The van der Waals surface area contributed by atoms with E-state index in [1.54, 1.807) is 0 Å². The molecule has 1 aliphatic heterocycles. The van der Waals surface area contributed by atoms with Crippen molar-refractivity contribution >= 4 is 11.3 Å². The zero-order valence-electron chi connectivity index (χ0n) is 13.2. The SMILES string of the molecule is Cc1nc(CN2CCCCCC2)sc1CNCC(C)C. The van der Waals surface area contributed by atoms with Gasteiger partial charge in [-0.25, -0.2) is 4.98 Å². The van der Waals surface area contributed by atoms with Gasteiger partial charge in [-0.15, -0.1) is 11.3 Å². The van der Waals surface area contributed by atoms with E-state index in [4.69, 9.17) is 4.98 Å². The average Bonchev–Trinajstić information content (AvgIpc) is 2.61. The van der Waals surface area contributed by atoms with E-state index in [1.165, 1.54) is 54.4 Å². The minimum absolute atomic E-state index is 0.708. The highest BCUT2D eigenvalue weighted by Gasteiger charge is 2.13. The third kappa shape index (κ3) is 5.15. The molecule has 114 valence electrons. The molecule has 0 aromatic carbocycles. The fraction of sp³-hybridized carbons (Fsp3) is 0.812. The van der Waals surface area contributed by atoms with E-state index in [0.717, 1.165) is 19.6 Å². The Bertz CT molecular complexity index is 392. The summed E-state index contributed by atoms with van der Waals surface area (Å²) in [7, 11) is 0. The van der Waals surface area contributed by atoms with E-state index < -0.39 is 0 Å². The molecule has 2 heterocycles. The second-order valence-electron chi connectivity index (χ2n) is 6.33. The van der Waals surface area contributed by atoms with Gasteiger partial charge < -0.3 is 5.32 Å². The molecule has 1 saturated heterocycles. The Morgan fingerprint density at radius 3 is 2.55 bits per heavy atom. The predicted octanol–water partition coefficient (Wildman–Crippen LogP) is 3.57. The van der Waals surface area contributed by atoms with Gasteiger partial charge in [0.25, 0.3) is 0 Å². The highest BCUT2D eigenvalue weighted by molar-refractivity contribution is 7.11. The van der Waals surface area contributed by atoms with Crippen LogP contribution in [0.15, 0.2) is 0 Å². The number of likely N-dealkylation sites (tertiary alicyclic amines) is 1. The van der Waals surface area contributed by atoms with Crippen LogP contribution in [-0.4, -0.2) is 29.5 Å². The van der Waals surface area contributed by atoms with Gasteiger partial charge in [-0.2, -0.15) is 0 Å². The maximum Gasteiger partial charge on any atom is 0.107 e. The maximum atomic E-state index is 4.77. The molecule has 0 radical (unpaired) electrons. The lowest BCUT2D eigenvalue weighted by Gasteiger charge is -2.17. The molecule has 4 heteroatoms. The Hall–Kier alpha value is -0.450. The summed E-state index contributed by atoms with van der Waals surface area (Å²) in [4.78, 5) is 8.76. The third-order valence-corrected chi connectivity index (χ3v) is 4.97. The van der Waals surface area contributed by atoms with Crippen LogP contribution in [0, 0.1) is 12.8 Å². The van der Waals surface area contributed by atoms with Gasteiger partial charge in [-0.1, -0.05) is 26.7 Å². The number of thiazole rings is 1. The van der Waals surface area contributed by atoms with Gasteiger partial charge in [0.05, 0.1) is 12.2 Å². The van der Waals surface area contributed by atoms with Crippen LogP contribution < -0.4 is 5.32 Å². The standard InChI is InChI=1S/C16H29N3S/c1-13(2)10-17-11-15-14(3)18-16(20-15)12-19-8-6-4-5-7-9-19/h13,17H,4-12H2,1-3H3. The Kier molecular flexibility index (Phi) is 6.46. The Morgan fingerprint density at radius 2 is 1.90 bits per heavy atom. The summed E-state index contributed by atoms with van der Waals surface area (Å²) >= 11 is 1.90. The smallest absolute Gasteiger partial charge is 0.107 e. The molecule has 1 aromatic heterocycles. The molecule has 0 bridgehead atoms. The molecule has 0 atom stereocenters. The lowest BCUT2D eigenvalue weighted by Crippen LogP contribution is -2.23. The van der Waals surface area contributed by atoms with E-state index >= 15 is 0 Å². The lowest BCUT2D eigenvalue weighted by molar-refractivity contribution is 0.276. The van der Waals surface area contributed by atoms with E-state index in [9.17, 15) is 0 Å². The van der Waals surface area contributed by atoms with Crippen LogP contribution in [0.3, 0.4) is 0 Å². The zero-order chi connectivity index (χ0) is 14.4. The van der Waals surface area contributed by atoms with Crippen LogP contribution in [-0.2, 0) is 13.1 Å². The van der Waals surface area contributed by atoms with Crippen LogP contribution in [0.2, 0.25) is 0 Å². The Balaban J connectivity index is 1.85. The van der Waals surface area contributed by atoms with Crippen LogP contribution >= 0.6 is 11.3 Å². The number of hydrogen-bond acceptors (Lipinski definition) is 4. The van der Waals surface area contributed by atoms with E-state index in [2.05, 4.69) is 31.0 Å². The normalized spacial score (nSPS) is 17.6. The van der Waals surface area contributed by atoms with Crippen molar-refractivity contribution in [3.8, 4) is 0 Å². The van der Waals surface area contributed by atoms with Crippen LogP contribution in [0.5, 0.6) is 0 Å². The van der Waals surface area contributed by atoms with E-state index in [-0.39, 0.29) is 0 Å². The molecule has 1 aliphatic rings. The lowest BCUT2D eigenvalue weighted by atomic mass is 10.2. The second kappa shape index (κ2) is 8.11. The van der Waals surface area contributed by atoms with Crippen molar-refractivity contribution in [3.05, 3.63) is 15.6 Å². The molecule has 0 aliphatic carbocycles. The van der Waals surface area contributed by atoms with Crippen LogP contribution in [0.1, 0.15) is 55.1 Å². The third-order valence-electron chi connectivity index (χ3n) is 3.83. The molecular formula is C16H29N3S.